The van der Waals surface area contributed by atoms with Crippen LogP contribution in [0.25, 0.3) is 11.2 Å². The lowest BCUT2D eigenvalue weighted by atomic mass is 9.96. The minimum Gasteiger partial charge on any atom is -0.463 e. The maximum atomic E-state index is 13.0. The van der Waals surface area contributed by atoms with Crippen molar-refractivity contribution in [1.82, 2.24) is 19.5 Å². The van der Waals surface area contributed by atoms with Crippen molar-refractivity contribution in [3.8, 4) is 0 Å². The van der Waals surface area contributed by atoms with Gasteiger partial charge in [0.15, 0.2) is 34.9 Å². The summed E-state index contributed by atoms with van der Waals surface area (Å²) in [6.45, 7) is 2.57. The summed E-state index contributed by atoms with van der Waals surface area (Å²) in [6.07, 6.45) is -0.395. The highest BCUT2D eigenvalue weighted by Gasteiger charge is 2.60. The van der Waals surface area contributed by atoms with E-state index in [1.54, 1.807) is 28.8 Å². The van der Waals surface area contributed by atoms with Crippen LogP contribution in [0.15, 0.2) is 104 Å². The molecule has 0 unspecified atom stereocenters. The quantitative estimate of drug-likeness (QED) is 0.175. The van der Waals surface area contributed by atoms with Gasteiger partial charge in [-0.25, -0.2) is 15.0 Å². The third kappa shape index (κ3) is 7.81. The molecule has 4 atom stereocenters. The molecule has 0 saturated carbocycles. The van der Waals surface area contributed by atoms with Crippen molar-refractivity contribution in [1.29, 1.82) is 0 Å². The highest BCUT2D eigenvalue weighted by atomic mass is 16.7. The Hall–Kier alpha value is -5.50. The number of fused-ring (bicyclic) bond motifs is 1. The number of esters is 2. The Morgan fingerprint density at radius 2 is 1.47 bits per heavy atom. The molecule has 0 radical (unpaired) electrons. The highest BCUT2D eigenvalue weighted by Crippen LogP contribution is 2.43. The lowest BCUT2D eigenvalue weighted by Crippen LogP contribution is -2.53. The second kappa shape index (κ2) is 15.2. The molecule has 0 bridgehead atoms. The van der Waals surface area contributed by atoms with Gasteiger partial charge in [-0.3, -0.25) is 19.0 Å². The van der Waals surface area contributed by atoms with Gasteiger partial charge in [-0.1, -0.05) is 78.9 Å². The number of amides is 1. The summed E-state index contributed by atoms with van der Waals surface area (Å²) in [7, 11) is 0. The minimum absolute atomic E-state index is 0.0944. The van der Waals surface area contributed by atoms with Crippen molar-refractivity contribution >= 4 is 34.8 Å². The molecule has 0 spiro atoms. The molecule has 3 aromatic carbocycles. The van der Waals surface area contributed by atoms with Crippen LogP contribution >= 0.6 is 0 Å². The molecule has 6 rings (SSSR count). The van der Waals surface area contributed by atoms with Crippen molar-refractivity contribution < 1.29 is 38.1 Å². The summed E-state index contributed by atoms with van der Waals surface area (Å²) in [6, 6.07) is 27.7. The second-order valence-electron chi connectivity index (χ2n) is 11.5. The van der Waals surface area contributed by atoms with Crippen LogP contribution < -0.4 is 5.32 Å². The Labute approximate surface area is 282 Å². The first-order valence-corrected chi connectivity index (χ1v) is 15.6. The van der Waals surface area contributed by atoms with Gasteiger partial charge in [0.25, 0.3) is 5.91 Å². The van der Waals surface area contributed by atoms with Gasteiger partial charge in [0.1, 0.15) is 19.0 Å². The SMILES string of the molecule is CC(=O)OC[C@]1(COCc2ccccc2)O[C@@H](n2cnc3c(NC(=O)c4ccccc4)ncnc32)[C@H](OC(C)=O)[C@@H]1OCc1ccccc1. The molecule has 13 nitrogen and oxygen atoms in total. The number of carbonyl (C=O) groups is 3. The van der Waals surface area contributed by atoms with Crippen molar-refractivity contribution in [2.24, 2.45) is 0 Å². The van der Waals surface area contributed by atoms with E-state index in [-0.39, 0.29) is 49.3 Å². The van der Waals surface area contributed by atoms with E-state index in [0.29, 0.717) is 5.56 Å². The summed E-state index contributed by atoms with van der Waals surface area (Å²) in [4.78, 5) is 51.0. The van der Waals surface area contributed by atoms with Crippen molar-refractivity contribution in [3.05, 3.63) is 120 Å². The van der Waals surface area contributed by atoms with Crippen molar-refractivity contribution in [2.45, 2.75) is 51.1 Å². The molecule has 0 aliphatic carbocycles. The van der Waals surface area contributed by atoms with E-state index in [1.165, 1.54) is 26.5 Å². The fourth-order valence-electron chi connectivity index (χ4n) is 5.67. The number of ether oxygens (including phenoxy) is 5. The second-order valence-corrected chi connectivity index (χ2v) is 11.5. The lowest BCUT2D eigenvalue weighted by molar-refractivity contribution is -0.189. The fraction of sp³-hybridized carbons (Fsp3) is 0.278. The number of rotatable bonds is 13. The Balaban J connectivity index is 1.38. The lowest BCUT2D eigenvalue weighted by Gasteiger charge is -2.34. The van der Waals surface area contributed by atoms with Gasteiger partial charge < -0.3 is 29.0 Å². The third-order valence-electron chi connectivity index (χ3n) is 7.91. The molecule has 2 aromatic heterocycles. The van der Waals surface area contributed by atoms with E-state index < -0.39 is 36.0 Å². The molecular weight excluding hydrogens is 630 g/mol. The Kier molecular flexibility index (Phi) is 10.3. The molecule has 1 aliphatic rings. The van der Waals surface area contributed by atoms with Crippen LogP contribution in [0.1, 0.15) is 41.6 Å². The van der Waals surface area contributed by atoms with Gasteiger partial charge in [0, 0.05) is 19.4 Å². The molecule has 1 saturated heterocycles. The van der Waals surface area contributed by atoms with Gasteiger partial charge in [0.05, 0.1) is 26.1 Å². The molecule has 13 heteroatoms. The van der Waals surface area contributed by atoms with Crippen LogP contribution in [0.2, 0.25) is 0 Å². The fourth-order valence-corrected chi connectivity index (χ4v) is 5.67. The van der Waals surface area contributed by atoms with Crippen LogP contribution in [0, 0.1) is 0 Å². The van der Waals surface area contributed by atoms with Crippen LogP contribution in [0.5, 0.6) is 0 Å². The van der Waals surface area contributed by atoms with Gasteiger partial charge >= 0.3 is 11.9 Å². The molecule has 1 fully saturated rings. The number of benzene rings is 3. The zero-order chi connectivity index (χ0) is 34.2. The van der Waals surface area contributed by atoms with Crippen molar-refractivity contribution in [3.63, 3.8) is 0 Å². The van der Waals surface area contributed by atoms with Gasteiger partial charge in [0.2, 0.25) is 0 Å². The maximum absolute atomic E-state index is 13.0. The molecular formula is C36H35N5O8. The number of imidazole rings is 1. The monoisotopic (exact) mass is 665 g/mol. The van der Waals surface area contributed by atoms with Crippen LogP contribution in [-0.4, -0.2) is 68.4 Å². The average Bonchev–Trinajstić information content (AvgIpc) is 3.67. The van der Waals surface area contributed by atoms with E-state index in [1.807, 2.05) is 66.7 Å². The summed E-state index contributed by atoms with van der Waals surface area (Å²) in [5.41, 5.74) is 1.33. The summed E-state index contributed by atoms with van der Waals surface area (Å²) < 4.78 is 32.6. The summed E-state index contributed by atoms with van der Waals surface area (Å²) in [5, 5.41) is 2.79. The maximum Gasteiger partial charge on any atom is 0.303 e. The number of aromatic nitrogens is 4. The Morgan fingerprint density at radius 1 is 0.816 bits per heavy atom. The first-order chi connectivity index (χ1) is 23.8. The molecule has 49 heavy (non-hydrogen) atoms. The number of anilines is 1. The molecule has 1 amide bonds. The van der Waals surface area contributed by atoms with E-state index in [9.17, 15) is 14.4 Å². The van der Waals surface area contributed by atoms with Crippen LogP contribution in [0.3, 0.4) is 0 Å². The number of nitrogens with zero attached hydrogens (tertiary/aromatic N) is 4. The topological polar surface area (TPSA) is 153 Å². The van der Waals surface area contributed by atoms with E-state index in [0.717, 1.165) is 11.1 Å². The van der Waals surface area contributed by atoms with Crippen molar-refractivity contribution in [2.75, 3.05) is 18.5 Å². The number of nitrogens with one attached hydrogen (secondary N) is 1. The summed E-state index contributed by atoms with van der Waals surface area (Å²) >= 11 is 0. The predicted octanol–water partition coefficient (Wildman–Crippen LogP) is 4.64. The number of carbonyl (C=O) groups excluding carboxylic acids is 3. The van der Waals surface area contributed by atoms with Crippen LogP contribution in [-0.2, 0) is 46.5 Å². The Morgan fingerprint density at radius 3 is 2.12 bits per heavy atom. The largest absolute Gasteiger partial charge is 0.463 e. The first-order valence-electron chi connectivity index (χ1n) is 15.6. The molecule has 3 heterocycles. The van der Waals surface area contributed by atoms with E-state index in [4.69, 9.17) is 23.7 Å². The average molecular weight is 666 g/mol. The van der Waals surface area contributed by atoms with E-state index in [2.05, 4.69) is 20.3 Å². The zero-order valence-electron chi connectivity index (χ0n) is 26.9. The smallest absolute Gasteiger partial charge is 0.303 e. The first kappa shape index (κ1) is 33.4. The van der Waals surface area contributed by atoms with Gasteiger partial charge in [-0.15, -0.1) is 0 Å². The Bertz CT molecular complexity index is 1890. The molecule has 252 valence electrons. The van der Waals surface area contributed by atoms with Crippen LogP contribution in [0.4, 0.5) is 5.82 Å². The normalized spacial score (nSPS) is 20.2. The van der Waals surface area contributed by atoms with E-state index >= 15 is 0 Å². The third-order valence-corrected chi connectivity index (χ3v) is 7.91. The minimum atomic E-state index is -1.45. The highest BCUT2D eigenvalue weighted by molar-refractivity contribution is 6.06. The number of hydrogen-bond acceptors (Lipinski definition) is 11. The predicted molar refractivity (Wildman–Crippen MR) is 176 cm³/mol. The summed E-state index contributed by atoms with van der Waals surface area (Å²) in [5.74, 6) is -1.33. The molecule has 1 aliphatic heterocycles. The molecule has 1 N–H and O–H groups in total. The standard InChI is InChI=1S/C36H35N5O8/c1-24(42)47-21-36(20-45-18-26-12-6-3-7-13-26)31(46-19-27-14-8-4-9-15-27)30(48-25(2)43)35(49-36)41-23-39-29-32(37-22-38-33(29)41)40-34(44)28-16-10-5-11-17-28/h3-17,22-23,30-31,35H,18-21H2,1-2H3,(H,37,38,40,44)/t30-,31+,35-,36+/m1/s1. The van der Waals surface area contributed by atoms with Gasteiger partial charge in [-0.05, 0) is 23.3 Å². The number of hydrogen-bond donors (Lipinski definition) is 1. The van der Waals surface area contributed by atoms with Gasteiger partial charge in [-0.2, -0.15) is 0 Å². The zero-order valence-corrected chi connectivity index (χ0v) is 26.9. The molecule has 5 aromatic rings.